The fourth-order valence-electron chi connectivity index (χ4n) is 4.95. The number of carbonyl (C=O) groups excluding carboxylic acids is 4. The summed E-state index contributed by atoms with van der Waals surface area (Å²) in [7, 11) is 2.81. The summed E-state index contributed by atoms with van der Waals surface area (Å²) in [6.45, 7) is 8.44. The lowest BCUT2D eigenvalue weighted by atomic mass is 9.85. The monoisotopic (exact) mass is 601 g/mol. The van der Waals surface area contributed by atoms with Gasteiger partial charge in [0.05, 0.1) is 30.2 Å². The van der Waals surface area contributed by atoms with Crippen molar-refractivity contribution in [3.8, 4) is 0 Å². The van der Waals surface area contributed by atoms with Crippen molar-refractivity contribution in [2.24, 2.45) is 17.6 Å². The first-order chi connectivity index (χ1) is 20.4. The highest BCUT2D eigenvalue weighted by Crippen LogP contribution is 2.28. The second-order valence-electron chi connectivity index (χ2n) is 10.6. The smallest absolute Gasteiger partial charge is 0.405 e. The van der Waals surface area contributed by atoms with Gasteiger partial charge in [-0.3, -0.25) is 14.4 Å². The topological polar surface area (TPSA) is 187 Å². The van der Waals surface area contributed by atoms with E-state index < -0.39 is 60.5 Å². The zero-order valence-electron chi connectivity index (χ0n) is 25.3. The number of ether oxygens (including phenoxy) is 3. The van der Waals surface area contributed by atoms with Gasteiger partial charge in [0.15, 0.2) is 6.10 Å². The van der Waals surface area contributed by atoms with Gasteiger partial charge in [0.25, 0.3) is 5.91 Å². The Morgan fingerprint density at radius 3 is 2.51 bits per heavy atom. The SMILES string of the molecule is C=CCNC1=C2C[C@@H](C)C[C@H](OC)[C@H](O)[C@@H](C)/C=C(/CO)[C@H](OC(N)=O)[C@@H](OC)/C=C\C=C(\C)C(=O)NC(=CC1=O)C2=O. The minimum Gasteiger partial charge on any atom is -0.439 e. The molecule has 2 amide bonds. The molecule has 2 bridgehead atoms. The van der Waals surface area contributed by atoms with Gasteiger partial charge in [-0.1, -0.05) is 44.2 Å². The molecule has 0 unspecified atom stereocenters. The second-order valence-corrected chi connectivity index (χ2v) is 10.6. The first-order valence-electron chi connectivity index (χ1n) is 13.9. The van der Waals surface area contributed by atoms with E-state index in [-0.39, 0.29) is 47.0 Å². The molecule has 1 heterocycles. The predicted octanol–water partition coefficient (Wildman–Crippen LogP) is 1.51. The van der Waals surface area contributed by atoms with E-state index >= 15 is 0 Å². The Hall–Kier alpha value is -3.84. The van der Waals surface area contributed by atoms with E-state index in [0.717, 1.165) is 6.08 Å². The van der Waals surface area contributed by atoms with Crippen LogP contribution in [0.15, 0.2) is 71.1 Å². The number of hydrogen-bond acceptors (Lipinski definition) is 10. The molecule has 0 aromatic rings. The van der Waals surface area contributed by atoms with Crippen LogP contribution in [-0.4, -0.2) is 85.6 Å². The lowest BCUT2D eigenvalue weighted by molar-refractivity contribution is -0.120. The molecule has 2 rings (SSSR count). The van der Waals surface area contributed by atoms with Crippen LogP contribution < -0.4 is 16.4 Å². The Labute approximate surface area is 252 Å². The fourth-order valence-corrected chi connectivity index (χ4v) is 4.95. The molecule has 236 valence electrons. The van der Waals surface area contributed by atoms with Gasteiger partial charge in [0.1, 0.15) is 6.10 Å². The third kappa shape index (κ3) is 9.58. The molecule has 1 aliphatic carbocycles. The van der Waals surface area contributed by atoms with Crippen LogP contribution in [0.4, 0.5) is 4.79 Å². The molecule has 12 heteroatoms. The van der Waals surface area contributed by atoms with Crippen molar-refractivity contribution in [3.05, 3.63) is 71.1 Å². The average Bonchev–Trinajstić information content (AvgIpc) is 2.96. The normalized spacial score (nSPS) is 31.1. The number of rotatable bonds is 7. The van der Waals surface area contributed by atoms with E-state index in [0.29, 0.717) is 6.42 Å². The van der Waals surface area contributed by atoms with Gasteiger partial charge >= 0.3 is 6.09 Å². The molecular formula is C31H43N3O9. The van der Waals surface area contributed by atoms with Gasteiger partial charge in [-0.2, -0.15) is 0 Å². The zero-order valence-corrected chi connectivity index (χ0v) is 25.3. The van der Waals surface area contributed by atoms with Gasteiger partial charge in [0, 0.05) is 43.9 Å². The van der Waals surface area contributed by atoms with Crippen molar-refractivity contribution >= 4 is 23.6 Å². The first kappa shape index (κ1) is 35.4. The number of nitrogens with two attached hydrogens (primary N) is 1. The number of fused-ring (bicyclic) bond motifs is 2. The summed E-state index contributed by atoms with van der Waals surface area (Å²) in [6.07, 6.45) is 4.11. The number of carbonyl (C=O) groups is 4. The quantitative estimate of drug-likeness (QED) is 0.211. The molecule has 6 N–H and O–H groups in total. The third-order valence-electron chi connectivity index (χ3n) is 7.27. The Balaban J connectivity index is 2.66. The fraction of sp³-hybridized carbons (Fsp3) is 0.484. The molecular weight excluding hydrogens is 558 g/mol. The van der Waals surface area contributed by atoms with Gasteiger partial charge in [-0.25, -0.2) is 4.79 Å². The maximum Gasteiger partial charge on any atom is 0.405 e. The lowest BCUT2D eigenvalue weighted by Gasteiger charge is -2.30. The highest BCUT2D eigenvalue weighted by atomic mass is 16.6. The molecule has 0 saturated carbocycles. The number of Topliss-reactive ketones (excluding diaryl/α,β-unsaturated/α-hetero) is 1. The lowest BCUT2D eigenvalue weighted by Crippen LogP contribution is -2.38. The molecule has 0 aromatic heterocycles. The summed E-state index contributed by atoms with van der Waals surface area (Å²) in [5.74, 6) is -2.43. The second kappa shape index (κ2) is 16.7. The van der Waals surface area contributed by atoms with Crippen LogP contribution in [0.2, 0.25) is 0 Å². The Bertz CT molecular complexity index is 1230. The van der Waals surface area contributed by atoms with E-state index in [1.165, 1.54) is 39.4 Å². The molecule has 0 aromatic carbocycles. The Morgan fingerprint density at radius 1 is 1.23 bits per heavy atom. The van der Waals surface area contributed by atoms with E-state index in [1.54, 1.807) is 19.1 Å². The van der Waals surface area contributed by atoms with E-state index in [9.17, 15) is 29.4 Å². The Kier molecular flexibility index (Phi) is 13.7. The maximum absolute atomic E-state index is 13.6. The summed E-state index contributed by atoms with van der Waals surface area (Å²) in [6, 6.07) is 0. The molecule has 43 heavy (non-hydrogen) atoms. The number of methoxy groups -OCH3 is 2. The van der Waals surface area contributed by atoms with Crippen LogP contribution in [0, 0.1) is 11.8 Å². The molecule has 2 aliphatic rings. The van der Waals surface area contributed by atoms with Gasteiger partial charge in [0.2, 0.25) is 11.6 Å². The minimum absolute atomic E-state index is 0.125. The summed E-state index contributed by atoms with van der Waals surface area (Å²) < 4.78 is 16.4. The highest BCUT2D eigenvalue weighted by molar-refractivity contribution is 6.23. The van der Waals surface area contributed by atoms with Crippen LogP contribution >= 0.6 is 0 Å². The predicted molar refractivity (Wildman–Crippen MR) is 159 cm³/mol. The summed E-state index contributed by atoms with van der Waals surface area (Å²) in [4.78, 5) is 51.3. The van der Waals surface area contributed by atoms with Gasteiger partial charge < -0.3 is 40.8 Å². The number of allylic oxidation sites excluding steroid dienone is 4. The van der Waals surface area contributed by atoms with E-state index in [1.807, 2.05) is 6.92 Å². The molecule has 0 spiro atoms. The first-order valence-corrected chi connectivity index (χ1v) is 13.9. The molecule has 0 fully saturated rings. The van der Waals surface area contributed by atoms with Crippen LogP contribution in [0.1, 0.15) is 33.6 Å². The Morgan fingerprint density at radius 2 is 1.93 bits per heavy atom. The van der Waals surface area contributed by atoms with Crippen LogP contribution in [0.3, 0.4) is 0 Å². The summed E-state index contributed by atoms with van der Waals surface area (Å²) >= 11 is 0. The average molecular weight is 602 g/mol. The maximum atomic E-state index is 13.6. The number of ketones is 2. The highest BCUT2D eigenvalue weighted by Gasteiger charge is 2.33. The molecule has 6 atom stereocenters. The van der Waals surface area contributed by atoms with Gasteiger partial charge in [-0.05, 0) is 31.3 Å². The molecule has 1 aliphatic heterocycles. The third-order valence-corrected chi connectivity index (χ3v) is 7.27. The number of hydrogen-bond donors (Lipinski definition) is 5. The largest absolute Gasteiger partial charge is 0.439 e. The summed E-state index contributed by atoms with van der Waals surface area (Å²) in [5.41, 5.74) is 5.91. The molecule has 0 saturated heterocycles. The van der Waals surface area contributed by atoms with E-state index in [4.69, 9.17) is 19.9 Å². The van der Waals surface area contributed by atoms with Crippen molar-refractivity contribution in [1.29, 1.82) is 0 Å². The van der Waals surface area contributed by atoms with Crippen molar-refractivity contribution in [3.63, 3.8) is 0 Å². The van der Waals surface area contributed by atoms with Crippen molar-refractivity contribution in [2.45, 2.75) is 58.0 Å². The van der Waals surface area contributed by atoms with Crippen LogP contribution in [0.25, 0.3) is 0 Å². The number of nitrogens with one attached hydrogen (secondary N) is 2. The van der Waals surface area contributed by atoms with Crippen molar-refractivity contribution < 1.29 is 43.6 Å². The molecule has 0 radical (unpaired) electrons. The van der Waals surface area contributed by atoms with Crippen LogP contribution in [-0.2, 0) is 28.6 Å². The zero-order chi connectivity index (χ0) is 32.3. The van der Waals surface area contributed by atoms with Gasteiger partial charge in [-0.15, -0.1) is 6.58 Å². The standard InChI is InChI=1S/C31H43N3O9/c1-7-11-33-26-21-12-17(2)13-25(42-6)27(37)19(4)14-20(16-35)29(43-31(32)40)24(41-5)10-8-9-18(3)30(39)34-22(28(21)38)15-23(26)36/h7-10,14-15,17,19,24-25,27,29,33,35,37H,1,11-13,16H2,2-6H3,(H2,32,40)(H,34,39)/b10-8-,18-9-,20-14-/t17-,19+,24+,25+,27-,29+/m1/s1. The van der Waals surface area contributed by atoms with Crippen molar-refractivity contribution in [2.75, 3.05) is 27.4 Å². The van der Waals surface area contributed by atoms with Crippen LogP contribution in [0.5, 0.6) is 0 Å². The number of aliphatic hydroxyl groups excluding tert-OH is 2. The van der Waals surface area contributed by atoms with E-state index in [2.05, 4.69) is 17.2 Å². The number of primary amides is 1. The van der Waals surface area contributed by atoms with Crippen molar-refractivity contribution in [1.82, 2.24) is 10.6 Å². The summed E-state index contributed by atoms with van der Waals surface area (Å²) in [5, 5.41) is 26.9. The number of aliphatic hydroxyl groups is 2. The minimum atomic E-state index is -1.15. The number of amides is 2. The molecule has 12 nitrogen and oxygen atoms in total.